The molecule has 2 rings (SSSR count). The molecule has 96 valence electrons. The second-order valence-corrected chi connectivity index (χ2v) is 5.53. The molecule has 0 amide bonds. The Morgan fingerprint density at radius 1 is 1.24 bits per heavy atom. The van der Waals surface area contributed by atoms with Gasteiger partial charge in [0.2, 0.25) is 0 Å². The molecule has 17 heavy (non-hydrogen) atoms. The summed E-state index contributed by atoms with van der Waals surface area (Å²) in [6, 6.07) is 0.0558. The Kier molecular flexibility index (Phi) is 3.82. The highest BCUT2D eigenvalue weighted by atomic mass is 15.3. The Balaban J connectivity index is 2.14. The van der Waals surface area contributed by atoms with Crippen molar-refractivity contribution in [2.24, 2.45) is 18.7 Å². The Labute approximate surface area is 104 Å². The van der Waals surface area contributed by atoms with Crippen LogP contribution in [0, 0.1) is 5.92 Å². The molecule has 1 aliphatic rings. The normalized spacial score (nSPS) is 19.8. The number of rotatable bonds is 3. The third-order valence-electron chi connectivity index (χ3n) is 3.79. The van der Waals surface area contributed by atoms with E-state index in [9.17, 15) is 0 Å². The van der Waals surface area contributed by atoms with E-state index in [0.717, 1.165) is 11.6 Å². The lowest BCUT2D eigenvalue weighted by Crippen LogP contribution is -2.26. The highest BCUT2D eigenvalue weighted by molar-refractivity contribution is 5.03. The molecule has 2 N–H and O–H groups in total. The largest absolute Gasteiger partial charge is 0.321 e. The van der Waals surface area contributed by atoms with Crippen LogP contribution >= 0.6 is 0 Å². The van der Waals surface area contributed by atoms with Crippen LogP contribution in [-0.2, 0) is 7.05 Å². The molecule has 0 saturated heterocycles. The van der Waals surface area contributed by atoms with E-state index in [1.807, 2.05) is 11.7 Å². The molecule has 0 spiro atoms. The third kappa shape index (κ3) is 2.68. The maximum atomic E-state index is 6.36. The predicted octanol–water partition coefficient (Wildman–Crippen LogP) is 2.52. The van der Waals surface area contributed by atoms with E-state index in [4.69, 9.17) is 5.73 Å². The molecule has 1 heterocycles. The summed E-state index contributed by atoms with van der Waals surface area (Å²) in [4.78, 5) is 4.61. The first-order valence-electron chi connectivity index (χ1n) is 6.76. The first-order chi connectivity index (χ1) is 8.09. The SMILES string of the molecule is CC(C)c1nc(C(N)C2CCCCC2)n(C)n1. The fourth-order valence-corrected chi connectivity index (χ4v) is 2.66. The van der Waals surface area contributed by atoms with Crippen molar-refractivity contribution in [3.05, 3.63) is 11.6 Å². The van der Waals surface area contributed by atoms with Crippen LogP contribution in [0.1, 0.15) is 69.6 Å². The van der Waals surface area contributed by atoms with Crippen molar-refractivity contribution in [2.45, 2.75) is 57.9 Å². The first kappa shape index (κ1) is 12.6. The monoisotopic (exact) mass is 236 g/mol. The van der Waals surface area contributed by atoms with E-state index in [2.05, 4.69) is 23.9 Å². The first-order valence-corrected chi connectivity index (χ1v) is 6.76. The summed E-state index contributed by atoms with van der Waals surface area (Å²) in [7, 11) is 1.96. The van der Waals surface area contributed by atoms with Gasteiger partial charge in [-0.2, -0.15) is 5.10 Å². The average molecular weight is 236 g/mol. The van der Waals surface area contributed by atoms with Crippen LogP contribution in [0.5, 0.6) is 0 Å². The van der Waals surface area contributed by atoms with E-state index in [-0.39, 0.29) is 6.04 Å². The summed E-state index contributed by atoms with van der Waals surface area (Å²) in [5, 5.41) is 4.45. The molecule has 1 atom stereocenters. The summed E-state index contributed by atoms with van der Waals surface area (Å²) in [5.74, 6) is 2.83. The molecule has 4 nitrogen and oxygen atoms in total. The molecule has 0 bridgehead atoms. The molecule has 0 aliphatic heterocycles. The topological polar surface area (TPSA) is 56.7 Å². The molecule has 4 heteroatoms. The van der Waals surface area contributed by atoms with Crippen molar-refractivity contribution in [3.63, 3.8) is 0 Å². The minimum absolute atomic E-state index is 0.0558. The highest BCUT2D eigenvalue weighted by Crippen LogP contribution is 2.32. The Morgan fingerprint density at radius 3 is 2.41 bits per heavy atom. The van der Waals surface area contributed by atoms with Gasteiger partial charge in [0.05, 0.1) is 6.04 Å². The minimum atomic E-state index is 0.0558. The molecular weight excluding hydrogens is 212 g/mol. The second kappa shape index (κ2) is 5.17. The second-order valence-electron chi connectivity index (χ2n) is 5.53. The van der Waals surface area contributed by atoms with Crippen molar-refractivity contribution < 1.29 is 0 Å². The molecule has 0 radical (unpaired) electrons. The smallest absolute Gasteiger partial charge is 0.153 e. The van der Waals surface area contributed by atoms with Gasteiger partial charge < -0.3 is 5.73 Å². The van der Waals surface area contributed by atoms with Gasteiger partial charge in [0, 0.05) is 13.0 Å². The highest BCUT2D eigenvalue weighted by Gasteiger charge is 2.26. The summed E-state index contributed by atoms with van der Waals surface area (Å²) < 4.78 is 1.87. The number of nitrogens with zero attached hydrogens (tertiary/aromatic N) is 3. The van der Waals surface area contributed by atoms with Crippen molar-refractivity contribution in [3.8, 4) is 0 Å². The van der Waals surface area contributed by atoms with Gasteiger partial charge in [-0.25, -0.2) is 4.98 Å². The summed E-state index contributed by atoms with van der Waals surface area (Å²) in [6.07, 6.45) is 6.47. The fraction of sp³-hybridized carbons (Fsp3) is 0.846. The fourth-order valence-electron chi connectivity index (χ4n) is 2.66. The van der Waals surface area contributed by atoms with Crippen molar-refractivity contribution in [1.29, 1.82) is 0 Å². The van der Waals surface area contributed by atoms with E-state index < -0.39 is 0 Å². The van der Waals surface area contributed by atoms with E-state index in [1.54, 1.807) is 0 Å². The van der Waals surface area contributed by atoms with Crippen LogP contribution in [0.25, 0.3) is 0 Å². The lowest BCUT2D eigenvalue weighted by Gasteiger charge is -2.26. The van der Waals surface area contributed by atoms with Crippen molar-refractivity contribution in [2.75, 3.05) is 0 Å². The Bertz CT molecular complexity index is 363. The van der Waals surface area contributed by atoms with Crippen molar-refractivity contribution >= 4 is 0 Å². The molecule has 1 fully saturated rings. The third-order valence-corrected chi connectivity index (χ3v) is 3.79. The number of aryl methyl sites for hydroxylation is 1. The zero-order valence-electron chi connectivity index (χ0n) is 11.2. The standard InChI is InChI=1S/C13H24N4/c1-9(2)12-15-13(17(3)16-12)11(14)10-7-5-4-6-8-10/h9-11H,4-8,14H2,1-3H3. The molecular formula is C13H24N4. The van der Waals surface area contributed by atoms with Gasteiger partial charge in [-0.05, 0) is 18.8 Å². The summed E-state index contributed by atoms with van der Waals surface area (Å²) >= 11 is 0. The van der Waals surface area contributed by atoms with Gasteiger partial charge in [-0.15, -0.1) is 0 Å². The summed E-state index contributed by atoms with van der Waals surface area (Å²) in [5.41, 5.74) is 6.36. The molecule has 1 aromatic rings. The van der Waals surface area contributed by atoms with E-state index >= 15 is 0 Å². The molecule has 1 saturated carbocycles. The number of aromatic nitrogens is 3. The zero-order chi connectivity index (χ0) is 12.4. The van der Waals surface area contributed by atoms with Gasteiger partial charge in [0.15, 0.2) is 5.82 Å². The van der Waals surface area contributed by atoms with Gasteiger partial charge in [-0.1, -0.05) is 33.1 Å². The maximum Gasteiger partial charge on any atom is 0.153 e. The Morgan fingerprint density at radius 2 is 1.88 bits per heavy atom. The van der Waals surface area contributed by atoms with Gasteiger partial charge in [0.25, 0.3) is 0 Å². The van der Waals surface area contributed by atoms with E-state index in [0.29, 0.717) is 11.8 Å². The quantitative estimate of drug-likeness (QED) is 0.877. The van der Waals surface area contributed by atoms with E-state index in [1.165, 1.54) is 32.1 Å². The van der Waals surface area contributed by atoms with Crippen LogP contribution in [-0.4, -0.2) is 14.8 Å². The van der Waals surface area contributed by atoms with Gasteiger partial charge in [0.1, 0.15) is 5.82 Å². The van der Waals surface area contributed by atoms with Gasteiger partial charge in [-0.3, -0.25) is 4.68 Å². The molecule has 1 unspecified atom stereocenters. The minimum Gasteiger partial charge on any atom is -0.321 e. The van der Waals surface area contributed by atoms with Crippen molar-refractivity contribution in [1.82, 2.24) is 14.8 Å². The number of hydrogen-bond donors (Lipinski definition) is 1. The van der Waals surface area contributed by atoms with Crippen LogP contribution in [0.3, 0.4) is 0 Å². The Hall–Kier alpha value is -0.900. The van der Waals surface area contributed by atoms with Crippen LogP contribution in [0.4, 0.5) is 0 Å². The maximum absolute atomic E-state index is 6.36. The van der Waals surface area contributed by atoms with Crippen LogP contribution < -0.4 is 5.73 Å². The predicted molar refractivity (Wildman–Crippen MR) is 68.6 cm³/mol. The summed E-state index contributed by atoms with van der Waals surface area (Å²) in [6.45, 7) is 4.23. The zero-order valence-corrected chi connectivity index (χ0v) is 11.2. The van der Waals surface area contributed by atoms with Gasteiger partial charge >= 0.3 is 0 Å². The average Bonchev–Trinajstić information content (AvgIpc) is 2.72. The molecule has 1 aromatic heterocycles. The van der Waals surface area contributed by atoms with Crippen LogP contribution in [0.2, 0.25) is 0 Å². The lowest BCUT2D eigenvalue weighted by molar-refractivity contribution is 0.296. The number of nitrogens with two attached hydrogens (primary N) is 1. The number of hydrogen-bond acceptors (Lipinski definition) is 3. The molecule has 0 aromatic carbocycles. The van der Waals surface area contributed by atoms with Crippen LogP contribution in [0.15, 0.2) is 0 Å². The molecule has 1 aliphatic carbocycles. The lowest BCUT2D eigenvalue weighted by atomic mass is 9.84.